The maximum Gasteiger partial charge on any atom is 0.224 e. The number of benzene rings is 1. The molecule has 0 saturated heterocycles. The molecule has 0 fully saturated rings. The van der Waals surface area contributed by atoms with E-state index in [-0.39, 0.29) is 18.1 Å². The van der Waals surface area contributed by atoms with Gasteiger partial charge in [-0.15, -0.1) is 0 Å². The second-order valence-corrected chi connectivity index (χ2v) is 6.92. The Labute approximate surface area is 117 Å². The highest BCUT2D eigenvalue weighted by Gasteiger charge is 2.08. The minimum atomic E-state index is -3.02. The van der Waals surface area contributed by atoms with Crippen LogP contribution < -0.4 is 5.32 Å². The van der Waals surface area contributed by atoms with Gasteiger partial charge in [0.15, 0.2) is 0 Å². The molecule has 1 heterocycles. The maximum atomic E-state index is 11.8. The molecule has 2 rings (SSSR count). The SMILES string of the molecule is CS(=O)(=O)CCCC(=O)Nc1cccc2cccnc12. The number of pyridine rings is 1. The summed E-state index contributed by atoms with van der Waals surface area (Å²) >= 11 is 0. The summed E-state index contributed by atoms with van der Waals surface area (Å²) in [5.41, 5.74) is 1.37. The monoisotopic (exact) mass is 292 g/mol. The van der Waals surface area contributed by atoms with Gasteiger partial charge in [0.2, 0.25) is 5.91 Å². The van der Waals surface area contributed by atoms with Gasteiger partial charge in [-0.25, -0.2) is 8.42 Å². The molecular weight excluding hydrogens is 276 g/mol. The summed E-state index contributed by atoms with van der Waals surface area (Å²) in [6.45, 7) is 0. The van der Waals surface area contributed by atoms with E-state index in [1.165, 1.54) is 6.26 Å². The van der Waals surface area contributed by atoms with Crippen LogP contribution >= 0.6 is 0 Å². The van der Waals surface area contributed by atoms with Crippen LogP contribution in [0.3, 0.4) is 0 Å². The highest BCUT2D eigenvalue weighted by molar-refractivity contribution is 7.90. The van der Waals surface area contributed by atoms with Crippen LogP contribution in [-0.2, 0) is 14.6 Å². The number of carbonyl (C=O) groups excluding carboxylic acids is 1. The topological polar surface area (TPSA) is 76.1 Å². The van der Waals surface area contributed by atoms with Gasteiger partial charge in [0.1, 0.15) is 9.84 Å². The first-order chi connectivity index (χ1) is 9.46. The molecule has 1 aromatic heterocycles. The fraction of sp³-hybridized carbons (Fsp3) is 0.286. The first-order valence-corrected chi connectivity index (χ1v) is 8.33. The third kappa shape index (κ3) is 4.03. The number of rotatable bonds is 5. The van der Waals surface area contributed by atoms with Gasteiger partial charge in [0.05, 0.1) is 17.0 Å². The number of nitrogens with one attached hydrogen (secondary N) is 1. The number of nitrogens with zero attached hydrogens (tertiary/aromatic N) is 1. The zero-order valence-corrected chi connectivity index (χ0v) is 12.0. The molecule has 6 heteroatoms. The molecule has 1 amide bonds. The summed E-state index contributed by atoms with van der Waals surface area (Å²) in [6.07, 6.45) is 3.33. The van der Waals surface area contributed by atoms with Gasteiger partial charge in [-0.3, -0.25) is 9.78 Å². The van der Waals surface area contributed by atoms with Crippen LogP contribution in [0.15, 0.2) is 36.5 Å². The van der Waals surface area contributed by atoms with Gasteiger partial charge in [-0.2, -0.15) is 0 Å². The van der Waals surface area contributed by atoms with E-state index in [9.17, 15) is 13.2 Å². The molecule has 0 aliphatic heterocycles. The number of aromatic nitrogens is 1. The Morgan fingerprint density at radius 3 is 2.75 bits per heavy atom. The Kier molecular flexibility index (Phi) is 4.34. The normalized spacial score (nSPS) is 11.4. The van der Waals surface area contributed by atoms with Gasteiger partial charge in [-0.05, 0) is 18.6 Å². The number of anilines is 1. The van der Waals surface area contributed by atoms with Crippen LogP contribution in [-0.4, -0.2) is 31.3 Å². The average molecular weight is 292 g/mol. The lowest BCUT2D eigenvalue weighted by molar-refractivity contribution is -0.116. The lowest BCUT2D eigenvalue weighted by Gasteiger charge is -2.07. The number of hydrogen-bond donors (Lipinski definition) is 1. The molecule has 106 valence electrons. The van der Waals surface area contributed by atoms with Crippen LogP contribution in [0.1, 0.15) is 12.8 Å². The molecule has 0 aliphatic rings. The number of sulfone groups is 1. The molecule has 0 unspecified atom stereocenters. The van der Waals surface area contributed by atoms with Crippen LogP contribution in [0.4, 0.5) is 5.69 Å². The summed E-state index contributed by atoms with van der Waals surface area (Å²) in [5.74, 6) is -0.180. The van der Waals surface area contributed by atoms with Crippen molar-refractivity contribution < 1.29 is 13.2 Å². The number of amides is 1. The van der Waals surface area contributed by atoms with Gasteiger partial charge >= 0.3 is 0 Å². The van der Waals surface area contributed by atoms with Crippen LogP contribution in [0.2, 0.25) is 0 Å². The second-order valence-electron chi connectivity index (χ2n) is 4.66. The molecular formula is C14H16N2O3S. The van der Waals surface area contributed by atoms with Crippen molar-refractivity contribution in [2.45, 2.75) is 12.8 Å². The van der Waals surface area contributed by atoms with Crippen molar-refractivity contribution in [3.63, 3.8) is 0 Å². The zero-order valence-electron chi connectivity index (χ0n) is 11.2. The predicted molar refractivity (Wildman–Crippen MR) is 79.3 cm³/mol. The lowest BCUT2D eigenvalue weighted by Crippen LogP contribution is -2.14. The van der Waals surface area contributed by atoms with E-state index in [2.05, 4.69) is 10.3 Å². The van der Waals surface area contributed by atoms with Crippen molar-refractivity contribution in [2.75, 3.05) is 17.3 Å². The van der Waals surface area contributed by atoms with Crippen LogP contribution in [0.5, 0.6) is 0 Å². The molecule has 0 atom stereocenters. The average Bonchev–Trinajstić information content (AvgIpc) is 2.37. The third-order valence-electron chi connectivity index (χ3n) is 2.83. The maximum absolute atomic E-state index is 11.8. The second kappa shape index (κ2) is 6.00. The van der Waals surface area contributed by atoms with Crippen molar-refractivity contribution in [2.24, 2.45) is 0 Å². The molecule has 1 N–H and O–H groups in total. The van der Waals surface area contributed by atoms with Crippen molar-refractivity contribution in [3.05, 3.63) is 36.5 Å². The van der Waals surface area contributed by atoms with Crippen molar-refractivity contribution >= 4 is 32.3 Å². The quantitative estimate of drug-likeness (QED) is 0.914. The Balaban J connectivity index is 2.03. The van der Waals surface area contributed by atoms with Crippen molar-refractivity contribution in [1.29, 1.82) is 0 Å². The molecule has 5 nitrogen and oxygen atoms in total. The van der Waals surface area contributed by atoms with E-state index in [0.29, 0.717) is 12.1 Å². The predicted octanol–water partition coefficient (Wildman–Crippen LogP) is 2.00. The summed E-state index contributed by atoms with van der Waals surface area (Å²) in [7, 11) is -3.02. The van der Waals surface area contributed by atoms with Gasteiger partial charge in [-0.1, -0.05) is 18.2 Å². The van der Waals surface area contributed by atoms with E-state index < -0.39 is 9.84 Å². The molecule has 20 heavy (non-hydrogen) atoms. The van der Waals surface area contributed by atoms with Crippen LogP contribution in [0, 0.1) is 0 Å². The van der Waals surface area contributed by atoms with E-state index in [1.807, 2.05) is 24.3 Å². The Morgan fingerprint density at radius 2 is 2.00 bits per heavy atom. The Morgan fingerprint density at radius 1 is 1.25 bits per heavy atom. The van der Waals surface area contributed by atoms with Gasteiger partial charge in [0, 0.05) is 24.3 Å². The molecule has 0 saturated carbocycles. The molecule has 0 radical (unpaired) electrons. The van der Waals surface area contributed by atoms with Crippen molar-refractivity contribution in [1.82, 2.24) is 4.98 Å². The standard InChI is InChI=1S/C14H16N2O3S/c1-20(18,19)10-4-8-13(17)16-12-7-2-5-11-6-3-9-15-14(11)12/h2-3,5-7,9H,4,8,10H2,1H3,(H,16,17). The molecule has 1 aromatic carbocycles. The van der Waals surface area contributed by atoms with Crippen LogP contribution in [0.25, 0.3) is 10.9 Å². The van der Waals surface area contributed by atoms with E-state index in [1.54, 1.807) is 12.3 Å². The molecule has 0 aliphatic carbocycles. The largest absolute Gasteiger partial charge is 0.324 e. The van der Waals surface area contributed by atoms with E-state index >= 15 is 0 Å². The van der Waals surface area contributed by atoms with Crippen molar-refractivity contribution in [3.8, 4) is 0 Å². The van der Waals surface area contributed by atoms with E-state index in [0.717, 1.165) is 10.9 Å². The third-order valence-corrected chi connectivity index (χ3v) is 3.86. The highest BCUT2D eigenvalue weighted by atomic mass is 32.2. The van der Waals surface area contributed by atoms with Gasteiger partial charge in [0.25, 0.3) is 0 Å². The fourth-order valence-electron chi connectivity index (χ4n) is 1.91. The lowest BCUT2D eigenvalue weighted by atomic mass is 10.2. The number of hydrogen-bond acceptors (Lipinski definition) is 4. The Bertz CT molecular complexity index is 721. The summed E-state index contributed by atoms with van der Waals surface area (Å²) in [6, 6.07) is 9.29. The minimum absolute atomic E-state index is 0.0220. The zero-order chi connectivity index (χ0) is 14.6. The number of para-hydroxylation sites is 1. The molecule has 0 bridgehead atoms. The first kappa shape index (κ1) is 14.5. The molecule has 2 aromatic rings. The number of carbonyl (C=O) groups is 1. The highest BCUT2D eigenvalue weighted by Crippen LogP contribution is 2.20. The van der Waals surface area contributed by atoms with Gasteiger partial charge < -0.3 is 5.32 Å². The first-order valence-electron chi connectivity index (χ1n) is 6.27. The fourth-order valence-corrected chi connectivity index (χ4v) is 2.58. The Hall–Kier alpha value is -1.95. The number of fused-ring (bicyclic) bond motifs is 1. The summed E-state index contributed by atoms with van der Waals surface area (Å²) in [5, 5.41) is 3.72. The smallest absolute Gasteiger partial charge is 0.224 e. The minimum Gasteiger partial charge on any atom is -0.324 e. The van der Waals surface area contributed by atoms with E-state index in [4.69, 9.17) is 0 Å². The summed E-state index contributed by atoms with van der Waals surface area (Å²) in [4.78, 5) is 16.1. The summed E-state index contributed by atoms with van der Waals surface area (Å²) < 4.78 is 22.0. The molecule has 0 spiro atoms.